The average Bonchev–Trinajstić information content (AvgIpc) is 4.04. The van der Waals surface area contributed by atoms with Crippen molar-refractivity contribution in [3.05, 3.63) is 120 Å². The van der Waals surface area contributed by atoms with Crippen molar-refractivity contribution in [2.24, 2.45) is 11.8 Å². The van der Waals surface area contributed by atoms with Gasteiger partial charge in [-0.3, -0.25) is 4.57 Å². The first-order chi connectivity index (χ1) is 26.9. The van der Waals surface area contributed by atoms with Crippen LogP contribution in [-0.4, -0.2) is 13.2 Å². The molecule has 292 valence electrons. The molecule has 0 bridgehead atoms. The number of unbranched alkanes of at least 4 members (excludes halogenated alkanes) is 2. The largest absolute Gasteiger partial charge is 0.342 e. The molecule has 2 atom stereocenters. The summed E-state index contributed by atoms with van der Waals surface area (Å²) in [6.45, 7) is 9.84. The van der Waals surface area contributed by atoms with Gasteiger partial charge in [0.2, 0.25) is 0 Å². The van der Waals surface area contributed by atoms with E-state index in [1.54, 1.807) is 0 Å². The van der Waals surface area contributed by atoms with Crippen LogP contribution in [0.2, 0.25) is 0 Å². The summed E-state index contributed by atoms with van der Waals surface area (Å²) in [6, 6.07) is 17.3. The number of benzene rings is 2. The third-order valence-electron chi connectivity index (χ3n) is 10.2. The number of rotatable bonds is 15. The molecule has 2 aromatic rings. The van der Waals surface area contributed by atoms with Crippen molar-refractivity contribution in [2.75, 3.05) is 13.2 Å². The highest BCUT2D eigenvalue weighted by Crippen LogP contribution is 2.75. The molecular formula is C41H45O3PS10. The molecular weight excluding hydrogens is 892 g/mol. The van der Waals surface area contributed by atoms with Crippen LogP contribution in [0.15, 0.2) is 97.5 Å². The molecule has 5 aliphatic heterocycles. The maximum Gasteiger partial charge on any atom is 0.342 e. The fourth-order valence-electron chi connectivity index (χ4n) is 7.03. The minimum absolute atomic E-state index is 0.359. The normalized spacial score (nSPS) is 22.5. The van der Waals surface area contributed by atoms with E-state index >= 15 is 4.57 Å². The molecule has 55 heavy (non-hydrogen) atoms. The summed E-state index contributed by atoms with van der Waals surface area (Å²) in [4.78, 5) is 0. The van der Waals surface area contributed by atoms with Gasteiger partial charge in [-0.1, -0.05) is 232 Å². The topological polar surface area (TPSA) is 35.5 Å². The van der Waals surface area contributed by atoms with Crippen molar-refractivity contribution in [3.8, 4) is 0 Å². The van der Waals surface area contributed by atoms with Gasteiger partial charge >= 0.3 is 7.60 Å². The molecule has 1 aliphatic carbocycles. The lowest BCUT2D eigenvalue weighted by Gasteiger charge is -2.36. The van der Waals surface area contributed by atoms with Crippen molar-refractivity contribution in [3.63, 3.8) is 0 Å². The highest BCUT2D eigenvalue weighted by molar-refractivity contribution is 8.51. The van der Waals surface area contributed by atoms with Crippen LogP contribution in [0.5, 0.6) is 0 Å². The van der Waals surface area contributed by atoms with Gasteiger partial charge in [-0.15, -0.1) is 0 Å². The molecule has 0 saturated carbocycles. The zero-order chi connectivity index (χ0) is 37.9. The van der Waals surface area contributed by atoms with Crippen LogP contribution < -0.4 is 0 Å². The van der Waals surface area contributed by atoms with Crippen LogP contribution in [-0.2, 0) is 13.6 Å². The van der Waals surface area contributed by atoms with E-state index in [4.69, 9.17) is 9.05 Å². The van der Waals surface area contributed by atoms with Crippen LogP contribution in [0.4, 0.5) is 0 Å². The first-order valence-corrected chi connectivity index (χ1v) is 29.0. The average molecular weight is 937 g/mol. The SMILES string of the molecule is CCCCC(CC)COP(=O)(OCC(CC)CCCC)C1c2ccccc2C(=C2SC3=C(SC(=C4SC5=C(SC(=C6SC=CS6)S5)S4)S3)S2)c2ccccc21. The third-order valence-corrected chi connectivity index (χ3v) is 26.8. The van der Waals surface area contributed by atoms with E-state index in [0.29, 0.717) is 25.0 Å². The number of thioether (sulfide) groups is 10. The predicted molar refractivity (Wildman–Crippen MR) is 260 cm³/mol. The lowest BCUT2D eigenvalue weighted by molar-refractivity contribution is 0.147. The molecule has 0 spiro atoms. The lowest BCUT2D eigenvalue weighted by atomic mass is 9.82. The number of hydrogen-bond donors (Lipinski definition) is 0. The van der Waals surface area contributed by atoms with Crippen LogP contribution in [0.1, 0.15) is 107 Å². The second kappa shape index (κ2) is 19.5. The smallest absolute Gasteiger partial charge is 0.308 e. The second-order valence-electron chi connectivity index (χ2n) is 13.8. The fraction of sp³-hybridized carbons (Fsp3) is 0.415. The van der Waals surface area contributed by atoms with E-state index in [-0.39, 0.29) is 0 Å². The van der Waals surface area contributed by atoms with Crippen LogP contribution in [0.25, 0.3) is 5.57 Å². The van der Waals surface area contributed by atoms with Gasteiger partial charge in [0.25, 0.3) is 0 Å². The minimum Gasteiger partial charge on any atom is -0.308 e. The monoisotopic (exact) mass is 936 g/mol. The first-order valence-electron chi connectivity index (χ1n) is 19.1. The van der Waals surface area contributed by atoms with Crippen LogP contribution in [0, 0.1) is 11.8 Å². The Labute approximate surface area is 370 Å². The Balaban J connectivity index is 1.06. The summed E-state index contributed by atoms with van der Waals surface area (Å²) in [5.74, 6) is 0.719. The Morgan fingerprint density at radius 3 is 1.33 bits per heavy atom. The van der Waals surface area contributed by atoms with Gasteiger partial charge in [-0.25, -0.2) is 0 Å². The summed E-state index contributed by atoms with van der Waals surface area (Å²) >= 11 is 19.2. The Kier molecular flexibility index (Phi) is 15.0. The molecule has 2 aromatic carbocycles. The molecule has 3 nitrogen and oxygen atoms in total. The Morgan fingerprint density at radius 2 is 0.927 bits per heavy atom. The lowest BCUT2D eigenvalue weighted by Crippen LogP contribution is -2.20. The van der Waals surface area contributed by atoms with E-state index in [9.17, 15) is 0 Å². The molecule has 8 rings (SSSR count). The van der Waals surface area contributed by atoms with E-state index in [1.807, 2.05) is 118 Å². The van der Waals surface area contributed by atoms with Crippen molar-refractivity contribution >= 4 is 131 Å². The predicted octanol–water partition coefficient (Wildman–Crippen LogP) is 17.8. The molecule has 2 unspecified atom stereocenters. The molecule has 14 heteroatoms. The highest BCUT2D eigenvalue weighted by Gasteiger charge is 2.46. The zero-order valence-electron chi connectivity index (χ0n) is 31.3. The summed E-state index contributed by atoms with van der Waals surface area (Å²) in [5.41, 5.74) is 5.17. The van der Waals surface area contributed by atoms with E-state index in [0.717, 1.165) is 73.6 Å². The quantitative estimate of drug-likeness (QED) is 0.159. The number of fused-ring (bicyclic) bond motifs is 2. The maximum absolute atomic E-state index is 15.7. The fourth-order valence-corrected chi connectivity index (χ4v) is 24.6. The molecule has 0 N–H and O–H groups in total. The first kappa shape index (κ1) is 42.2. The highest BCUT2D eigenvalue weighted by atomic mass is 32.3. The number of hydrogen-bond acceptors (Lipinski definition) is 13. The van der Waals surface area contributed by atoms with Gasteiger partial charge in [0.1, 0.15) is 5.66 Å². The standard InChI is InChI=1S/C41H45O3PS10/c1-5-9-15-25(7-3)23-43-45(42,44-24-26(8-4)16-10-6-2)32-29-19-13-11-17-27(29)31(28-18-12-14-20-30(28)32)33-48-36-37(49-33)53-40(52-36)41-54-38-39(55-41)51-35(50-38)34-46-21-22-47-34/h11-14,17-22,25-26,32H,5-10,15-16,23-24H2,1-4H3. The van der Waals surface area contributed by atoms with Gasteiger partial charge in [-0.05, 0) is 57.7 Å². The zero-order valence-corrected chi connectivity index (χ0v) is 40.4. The van der Waals surface area contributed by atoms with E-state index in [2.05, 4.69) is 87.0 Å². The van der Waals surface area contributed by atoms with E-state index < -0.39 is 13.3 Å². The van der Waals surface area contributed by atoms with Crippen molar-refractivity contribution in [1.82, 2.24) is 0 Å². The summed E-state index contributed by atoms with van der Waals surface area (Å²) < 4.78 is 41.8. The summed E-state index contributed by atoms with van der Waals surface area (Å²) in [6.07, 6.45) is 8.78. The van der Waals surface area contributed by atoms with Gasteiger partial charge in [0, 0.05) is 5.57 Å². The van der Waals surface area contributed by atoms with Gasteiger partial charge in [0.05, 0.1) is 51.3 Å². The van der Waals surface area contributed by atoms with Crippen molar-refractivity contribution in [2.45, 2.75) is 84.7 Å². The van der Waals surface area contributed by atoms with Crippen LogP contribution in [0.3, 0.4) is 0 Å². The molecule has 0 radical (unpaired) electrons. The van der Waals surface area contributed by atoms with Gasteiger partial charge in [-0.2, -0.15) is 0 Å². The van der Waals surface area contributed by atoms with Gasteiger partial charge < -0.3 is 9.05 Å². The summed E-state index contributed by atoms with van der Waals surface area (Å²) in [7, 11) is -3.65. The molecule has 0 amide bonds. The minimum atomic E-state index is -3.65. The van der Waals surface area contributed by atoms with E-state index in [1.165, 1.54) is 43.7 Å². The Hall–Kier alpha value is 0.530. The van der Waals surface area contributed by atoms with Crippen molar-refractivity contribution in [1.29, 1.82) is 0 Å². The molecule has 5 heterocycles. The molecule has 0 saturated heterocycles. The maximum atomic E-state index is 15.7. The Morgan fingerprint density at radius 1 is 0.545 bits per heavy atom. The Bertz CT molecular complexity index is 1920. The molecule has 0 fully saturated rings. The van der Waals surface area contributed by atoms with Crippen LogP contribution >= 0.6 is 125 Å². The third kappa shape index (κ3) is 9.25. The molecule has 0 aromatic heterocycles. The second-order valence-corrected chi connectivity index (χ2v) is 28.3. The van der Waals surface area contributed by atoms with Gasteiger partial charge in [0.15, 0.2) is 0 Å². The molecule has 6 aliphatic rings. The summed E-state index contributed by atoms with van der Waals surface area (Å²) in [5, 5.41) is 4.37. The van der Waals surface area contributed by atoms with Crippen molar-refractivity contribution < 1.29 is 13.6 Å².